The molecule has 0 radical (unpaired) electrons. The number of aliphatic carboxylic acids is 1. The van der Waals surface area contributed by atoms with Crippen LogP contribution < -0.4 is 0 Å². The van der Waals surface area contributed by atoms with E-state index in [1.165, 1.54) is 0 Å². The van der Waals surface area contributed by atoms with E-state index in [4.69, 9.17) is 14.6 Å². The lowest BCUT2D eigenvalue weighted by Gasteiger charge is -2.64. The maximum absolute atomic E-state index is 12.0. The maximum Gasteiger partial charge on any atom is 0.382 e. The van der Waals surface area contributed by atoms with Crippen LogP contribution in [0.5, 0.6) is 0 Å². The van der Waals surface area contributed by atoms with Crippen molar-refractivity contribution in [2.75, 3.05) is 13.4 Å². The molecule has 8 atom stereocenters. The Kier molecular flexibility index (Phi) is 5.96. The minimum Gasteiger partial charge on any atom is -0.472 e. The van der Waals surface area contributed by atoms with Crippen LogP contribution in [-0.2, 0) is 14.3 Å². The zero-order chi connectivity index (χ0) is 22.5. The van der Waals surface area contributed by atoms with Gasteiger partial charge in [0, 0.05) is 17.9 Å². The summed E-state index contributed by atoms with van der Waals surface area (Å²) < 4.78 is 11.3. The van der Waals surface area contributed by atoms with Crippen LogP contribution >= 0.6 is 0 Å². The van der Waals surface area contributed by atoms with Gasteiger partial charge >= 0.3 is 5.97 Å². The van der Waals surface area contributed by atoms with E-state index < -0.39 is 22.6 Å². The number of carboxylic acids is 1. The van der Waals surface area contributed by atoms with Gasteiger partial charge in [0.1, 0.15) is 12.4 Å². The van der Waals surface area contributed by atoms with Crippen molar-refractivity contribution >= 4 is 5.97 Å². The van der Waals surface area contributed by atoms with E-state index in [-0.39, 0.29) is 17.4 Å². The van der Waals surface area contributed by atoms with E-state index in [0.717, 1.165) is 38.5 Å². The van der Waals surface area contributed by atoms with E-state index in [2.05, 4.69) is 18.8 Å². The van der Waals surface area contributed by atoms with E-state index in [9.17, 15) is 15.0 Å². The summed E-state index contributed by atoms with van der Waals surface area (Å²) in [5.41, 5.74) is -3.09. The lowest BCUT2D eigenvalue weighted by atomic mass is 9.43. The number of hydrogen-bond acceptors (Lipinski definition) is 5. The first-order valence-electron chi connectivity index (χ1n) is 12.0. The molecule has 0 saturated heterocycles. The van der Waals surface area contributed by atoms with E-state index >= 15 is 0 Å². The van der Waals surface area contributed by atoms with Crippen LogP contribution in [0.1, 0.15) is 78.6 Å². The quantitative estimate of drug-likeness (QED) is 0.357. The molecule has 0 bridgehead atoms. The third-order valence-corrected chi connectivity index (χ3v) is 9.92. The highest BCUT2D eigenvalue weighted by Crippen LogP contribution is 2.69. The number of hydrogen-bond donors (Lipinski definition) is 3. The standard InChI is InChI=1S/C25H38O6/c1-4-30-16-31-18-7-10-22(2)17(15-18)5-6-20-19(22)8-11-23(3)24(28,12-9-21(26)27)13-14-25(20,23)29/h17-20,28-29H,4-8,10-11,13-16H2,1-3H3,(H,26,27)/t17?,18?,19-,20-,22+,23-,24?,25-/m1/s1. The van der Waals surface area contributed by atoms with Crippen molar-refractivity contribution in [1.29, 1.82) is 0 Å². The molecule has 0 aromatic rings. The molecule has 174 valence electrons. The molecule has 0 heterocycles. The van der Waals surface area contributed by atoms with Gasteiger partial charge in [-0.25, -0.2) is 4.79 Å². The first-order chi connectivity index (χ1) is 14.6. The predicted molar refractivity (Wildman–Crippen MR) is 115 cm³/mol. The Bertz CT molecular complexity index is 772. The third-order valence-electron chi connectivity index (χ3n) is 9.92. The average molecular weight is 435 g/mol. The average Bonchev–Trinajstić information content (AvgIpc) is 2.94. The molecule has 6 heteroatoms. The van der Waals surface area contributed by atoms with Crippen molar-refractivity contribution < 1.29 is 29.6 Å². The van der Waals surface area contributed by atoms with Gasteiger partial charge in [-0.3, -0.25) is 0 Å². The minimum absolute atomic E-state index is 0.119. The first kappa shape index (κ1) is 23.0. The summed E-state index contributed by atoms with van der Waals surface area (Å²) in [5.74, 6) is 4.64. The Labute approximate surface area is 185 Å². The number of rotatable bonds is 4. The maximum atomic E-state index is 12.0. The number of aliphatic hydroxyl groups is 2. The highest BCUT2D eigenvalue weighted by atomic mass is 16.7. The number of carboxylic acid groups (broad SMARTS) is 1. The van der Waals surface area contributed by atoms with Gasteiger partial charge in [-0.1, -0.05) is 19.8 Å². The van der Waals surface area contributed by atoms with Gasteiger partial charge in [0.25, 0.3) is 0 Å². The highest BCUT2D eigenvalue weighted by molar-refractivity contribution is 5.86. The van der Waals surface area contributed by atoms with Crippen LogP contribution in [0.3, 0.4) is 0 Å². The smallest absolute Gasteiger partial charge is 0.382 e. The Morgan fingerprint density at radius 3 is 2.52 bits per heavy atom. The molecule has 4 rings (SSSR count). The van der Waals surface area contributed by atoms with Crippen LogP contribution in [0.2, 0.25) is 0 Å². The van der Waals surface area contributed by atoms with Gasteiger partial charge in [0.2, 0.25) is 0 Å². The van der Waals surface area contributed by atoms with Crippen molar-refractivity contribution in [2.24, 2.45) is 28.6 Å². The van der Waals surface area contributed by atoms with Gasteiger partial charge in [-0.15, -0.1) is 0 Å². The van der Waals surface area contributed by atoms with Crippen molar-refractivity contribution in [2.45, 2.75) is 95.9 Å². The molecule has 0 aromatic carbocycles. The normalized spacial score (nSPS) is 48.7. The second-order valence-corrected chi connectivity index (χ2v) is 10.9. The third kappa shape index (κ3) is 3.44. The Hall–Kier alpha value is -1.13. The molecule has 3 N–H and O–H groups in total. The molecule has 3 unspecified atom stereocenters. The summed E-state index contributed by atoms with van der Waals surface area (Å²) in [5, 5.41) is 32.4. The second kappa shape index (κ2) is 8.02. The molecule has 0 aliphatic heterocycles. The van der Waals surface area contributed by atoms with Crippen molar-refractivity contribution in [3.63, 3.8) is 0 Å². The molecule has 6 nitrogen and oxygen atoms in total. The van der Waals surface area contributed by atoms with Crippen LogP contribution in [0.25, 0.3) is 0 Å². The highest BCUT2D eigenvalue weighted by Gasteiger charge is 2.71. The SMILES string of the molecule is CCOCOC1CC[C@@]2(C)C(CC[C@@H]3[C@H]2CC[C@]2(C)C(O)(C#CC(=O)O)CC[C@@]32O)C1. The van der Waals surface area contributed by atoms with Crippen LogP contribution in [0, 0.1) is 40.4 Å². The van der Waals surface area contributed by atoms with Crippen molar-refractivity contribution in [3.8, 4) is 11.8 Å². The van der Waals surface area contributed by atoms with Gasteiger partial charge in [-0.2, -0.15) is 0 Å². The Balaban J connectivity index is 1.55. The number of fused-ring (bicyclic) bond motifs is 5. The molecular formula is C25H38O6. The van der Waals surface area contributed by atoms with Crippen LogP contribution in [0.4, 0.5) is 0 Å². The summed E-state index contributed by atoms with van der Waals surface area (Å²) in [4.78, 5) is 11.0. The van der Waals surface area contributed by atoms with Gasteiger partial charge in [0.15, 0.2) is 0 Å². The molecule has 0 aromatic heterocycles. The largest absolute Gasteiger partial charge is 0.472 e. The summed E-state index contributed by atoms with van der Waals surface area (Å²) >= 11 is 0. The zero-order valence-corrected chi connectivity index (χ0v) is 19.2. The van der Waals surface area contributed by atoms with Gasteiger partial charge in [0.05, 0.1) is 11.7 Å². The summed E-state index contributed by atoms with van der Waals surface area (Å²) in [6.07, 6.45) is 7.84. The first-order valence-corrected chi connectivity index (χ1v) is 12.0. The van der Waals surface area contributed by atoms with E-state index in [1.54, 1.807) is 0 Å². The Morgan fingerprint density at radius 1 is 1.03 bits per heavy atom. The number of ether oxygens (including phenoxy) is 2. The minimum atomic E-state index is -1.45. The van der Waals surface area contributed by atoms with Crippen molar-refractivity contribution in [3.05, 3.63) is 0 Å². The summed E-state index contributed by atoms with van der Waals surface area (Å²) in [6.45, 7) is 7.34. The molecular weight excluding hydrogens is 396 g/mol. The molecule has 4 aliphatic rings. The fourth-order valence-corrected chi connectivity index (χ4v) is 7.94. The topological polar surface area (TPSA) is 96.2 Å². The summed E-state index contributed by atoms with van der Waals surface area (Å²) in [7, 11) is 0. The fourth-order valence-electron chi connectivity index (χ4n) is 7.94. The molecule has 0 amide bonds. The van der Waals surface area contributed by atoms with Crippen LogP contribution in [0.15, 0.2) is 0 Å². The Morgan fingerprint density at radius 2 is 1.81 bits per heavy atom. The second-order valence-electron chi connectivity index (χ2n) is 10.9. The predicted octanol–water partition coefficient (Wildman–Crippen LogP) is 3.34. The lowest BCUT2D eigenvalue weighted by Crippen LogP contribution is -2.65. The molecule has 31 heavy (non-hydrogen) atoms. The molecule has 4 fully saturated rings. The monoisotopic (exact) mass is 434 g/mol. The molecule has 4 aliphatic carbocycles. The number of carbonyl (C=O) groups is 1. The van der Waals surface area contributed by atoms with Gasteiger partial charge in [-0.05, 0) is 87.9 Å². The van der Waals surface area contributed by atoms with Crippen molar-refractivity contribution in [1.82, 2.24) is 0 Å². The lowest BCUT2D eigenvalue weighted by molar-refractivity contribution is -0.229. The zero-order valence-electron chi connectivity index (χ0n) is 19.2. The van der Waals surface area contributed by atoms with E-state index in [0.29, 0.717) is 44.5 Å². The summed E-state index contributed by atoms with van der Waals surface area (Å²) in [6, 6.07) is 0. The van der Waals surface area contributed by atoms with Crippen LogP contribution in [-0.4, -0.2) is 52.0 Å². The fraction of sp³-hybridized carbons (Fsp3) is 0.880. The molecule has 4 saturated carbocycles. The van der Waals surface area contributed by atoms with Gasteiger partial charge < -0.3 is 24.8 Å². The van der Waals surface area contributed by atoms with E-state index in [1.807, 2.05) is 13.8 Å². The molecule has 0 spiro atoms.